The van der Waals surface area contributed by atoms with E-state index in [2.05, 4.69) is 20.3 Å². The smallest absolute Gasteiger partial charge is 0.380 e. The molecular formula is C23H21F4N5O2S. The molecule has 0 saturated carbocycles. The lowest BCUT2D eigenvalue weighted by Crippen LogP contribution is -2.27. The second-order valence-electron chi connectivity index (χ2n) is 8.01. The highest BCUT2D eigenvalue weighted by Crippen LogP contribution is 2.40. The summed E-state index contributed by atoms with van der Waals surface area (Å²) in [6.45, 7) is 1.59. The van der Waals surface area contributed by atoms with Crippen LogP contribution in [0.2, 0.25) is 0 Å². The largest absolute Gasteiger partial charge is 0.419 e. The molecule has 35 heavy (non-hydrogen) atoms. The molecular weight excluding hydrogens is 486 g/mol. The zero-order valence-corrected chi connectivity index (χ0v) is 19.7. The van der Waals surface area contributed by atoms with E-state index in [0.29, 0.717) is 22.4 Å². The first-order valence-corrected chi connectivity index (χ1v) is 12.2. The van der Waals surface area contributed by atoms with E-state index in [1.54, 1.807) is 13.0 Å². The summed E-state index contributed by atoms with van der Waals surface area (Å²) >= 11 is 0. The minimum atomic E-state index is -4.70. The quantitative estimate of drug-likeness (QED) is 0.355. The Morgan fingerprint density at radius 2 is 1.80 bits per heavy atom. The van der Waals surface area contributed by atoms with Gasteiger partial charge in [0.1, 0.15) is 17.3 Å². The van der Waals surface area contributed by atoms with Crippen LogP contribution in [0, 0.1) is 12.7 Å². The van der Waals surface area contributed by atoms with Gasteiger partial charge in [-0.25, -0.2) is 22.8 Å². The van der Waals surface area contributed by atoms with Crippen LogP contribution in [0.5, 0.6) is 0 Å². The maximum absolute atomic E-state index is 13.9. The van der Waals surface area contributed by atoms with E-state index >= 15 is 0 Å². The molecule has 0 unspecified atom stereocenters. The van der Waals surface area contributed by atoms with E-state index in [-0.39, 0.29) is 29.1 Å². The molecule has 0 fully saturated rings. The monoisotopic (exact) mass is 507 g/mol. The molecule has 4 aromatic rings. The van der Waals surface area contributed by atoms with Gasteiger partial charge >= 0.3 is 6.18 Å². The van der Waals surface area contributed by atoms with Crippen molar-refractivity contribution in [3.05, 3.63) is 71.3 Å². The van der Waals surface area contributed by atoms with E-state index in [1.807, 2.05) is 0 Å². The number of aromatic nitrogens is 3. The Kier molecular flexibility index (Phi) is 6.18. The van der Waals surface area contributed by atoms with Crippen molar-refractivity contribution in [2.24, 2.45) is 0 Å². The Labute approximate surface area is 198 Å². The standard InChI is InChI=1S/C23H21F4N5O2S/c1-13-8-9-28-22(32(2)35(3,33)34)17(13)11-29-20-16-10-19(14-4-6-15(24)7-5-14)31-21(16)30-12-18(20)23(25,26)27/h4-10,12H,11H2,1-3H3,(H2,29,30,31). The van der Waals surface area contributed by atoms with Crippen molar-refractivity contribution >= 4 is 32.6 Å². The number of H-pyrrole nitrogens is 1. The number of aryl methyl sites for hydroxylation is 1. The molecule has 7 nitrogen and oxygen atoms in total. The van der Waals surface area contributed by atoms with Gasteiger partial charge in [0.2, 0.25) is 10.0 Å². The Balaban J connectivity index is 1.81. The van der Waals surface area contributed by atoms with E-state index in [1.165, 1.54) is 43.6 Å². The van der Waals surface area contributed by atoms with Crippen molar-refractivity contribution < 1.29 is 26.0 Å². The molecule has 0 aliphatic heterocycles. The lowest BCUT2D eigenvalue weighted by molar-refractivity contribution is -0.137. The summed E-state index contributed by atoms with van der Waals surface area (Å²) in [6.07, 6.45) is -1.52. The molecule has 0 bridgehead atoms. The first kappa shape index (κ1) is 24.5. The first-order chi connectivity index (χ1) is 16.4. The van der Waals surface area contributed by atoms with Crippen molar-refractivity contribution in [2.75, 3.05) is 22.9 Å². The summed E-state index contributed by atoms with van der Waals surface area (Å²) in [5.74, 6) is -0.327. The van der Waals surface area contributed by atoms with Gasteiger partial charge in [0.25, 0.3) is 0 Å². The number of nitrogens with one attached hydrogen (secondary N) is 2. The van der Waals surface area contributed by atoms with E-state index < -0.39 is 27.6 Å². The highest BCUT2D eigenvalue weighted by atomic mass is 32.2. The third-order valence-electron chi connectivity index (χ3n) is 5.62. The van der Waals surface area contributed by atoms with Crippen LogP contribution in [0.1, 0.15) is 16.7 Å². The van der Waals surface area contributed by atoms with Gasteiger partial charge in [-0.15, -0.1) is 0 Å². The average Bonchev–Trinajstić information content (AvgIpc) is 3.21. The lowest BCUT2D eigenvalue weighted by Gasteiger charge is -2.22. The van der Waals surface area contributed by atoms with Gasteiger partial charge in [-0.3, -0.25) is 4.31 Å². The molecule has 0 aliphatic rings. The zero-order chi connectivity index (χ0) is 25.5. The fourth-order valence-corrected chi connectivity index (χ4v) is 4.13. The molecule has 0 saturated heterocycles. The minimum absolute atomic E-state index is 0.111. The van der Waals surface area contributed by atoms with Crippen LogP contribution in [0.25, 0.3) is 22.3 Å². The summed E-state index contributed by atoms with van der Waals surface area (Å²) in [4.78, 5) is 11.0. The Hall–Kier alpha value is -3.67. The third-order valence-corrected chi connectivity index (χ3v) is 6.79. The number of hydrogen-bond acceptors (Lipinski definition) is 5. The number of nitrogens with zero attached hydrogens (tertiary/aromatic N) is 3. The van der Waals surface area contributed by atoms with Crippen LogP contribution >= 0.6 is 0 Å². The van der Waals surface area contributed by atoms with Gasteiger partial charge in [0.15, 0.2) is 0 Å². The number of halogens is 4. The number of fused-ring (bicyclic) bond motifs is 1. The number of hydrogen-bond donors (Lipinski definition) is 2. The first-order valence-electron chi connectivity index (χ1n) is 10.3. The fraction of sp³-hybridized carbons (Fsp3) is 0.217. The number of alkyl halides is 3. The molecule has 0 spiro atoms. The van der Waals surface area contributed by atoms with Crippen molar-refractivity contribution in [2.45, 2.75) is 19.6 Å². The SMILES string of the molecule is Cc1ccnc(N(C)S(C)(=O)=O)c1CNc1c(C(F)(F)F)cnc2[nH]c(-c3ccc(F)cc3)cc12. The van der Waals surface area contributed by atoms with E-state index in [0.717, 1.165) is 16.8 Å². The van der Waals surface area contributed by atoms with Gasteiger partial charge < -0.3 is 10.3 Å². The molecule has 184 valence electrons. The Morgan fingerprint density at radius 1 is 1.11 bits per heavy atom. The van der Waals surface area contributed by atoms with Crippen molar-refractivity contribution in [3.63, 3.8) is 0 Å². The molecule has 2 N–H and O–H groups in total. The molecule has 4 rings (SSSR count). The minimum Gasteiger partial charge on any atom is -0.380 e. The predicted molar refractivity (Wildman–Crippen MR) is 126 cm³/mol. The number of anilines is 2. The van der Waals surface area contributed by atoms with Gasteiger partial charge in [-0.05, 0) is 54.4 Å². The lowest BCUT2D eigenvalue weighted by atomic mass is 10.1. The molecule has 0 aliphatic carbocycles. The molecule has 0 atom stereocenters. The van der Waals surface area contributed by atoms with Crippen LogP contribution in [0.15, 0.2) is 48.8 Å². The highest BCUT2D eigenvalue weighted by molar-refractivity contribution is 7.92. The molecule has 0 radical (unpaired) electrons. The second kappa shape index (κ2) is 8.84. The van der Waals surface area contributed by atoms with Gasteiger partial charge in [0, 0.05) is 42.6 Å². The maximum atomic E-state index is 13.9. The van der Waals surface area contributed by atoms with Gasteiger partial charge in [-0.1, -0.05) is 0 Å². The van der Waals surface area contributed by atoms with Crippen LogP contribution in [-0.2, 0) is 22.7 Å². The van der Waals surface area contributed by atoms with Gasteiger partial charge in [-0.2, -0.15) is 13.2 Å². The predicted octanol–water partition coefficient (Wildman–Crippen LogP) is 5.10. The topological polar surface area (TPSA) is 91.0 Å². The fourth-order valence-electron chi connectivity index (χ4n) is 3.66. The summed E-state index contributed by atoms with van der Waals surface area (Å²) < 4.78 is 80.1. The van der Waals surface area contributed by atoms with Crippen molar-refractivity contribution in [1.29, 1.82) is 0 Å². The summed E-state index contributed by atoms with van der Waals surface area (Å²) in [7, 11) is -2.33. The van der Waals surface area contributed by atoms with Gasteiger partial charge in [0.05, 0.1) is 17.5 Å². The van der Waals surface area contributed by atoms with E-state index in [4.69, 9.17) is 0 Å². The number of sulfonamides is 1. The van der Waals surface area contributed by atoms with Crippen molar-refractivity contribution in [1.82, 2.24) is 15.0 Å². The van der Waals surface area contributed by atoms with Crippen LogP contribution in [0.4, 0.5) is 29.1 Å². The maximum Gasteiger partial charge on any atom is 0.419 e. The molecule has 3 heterocycles. The number of benzene rings is 1. The average molecular weight is 508 g/mol. The number of rotatable bonds is 6. The zero-order valence-electron chi connectivity index (χ0n) is 18.9. The molecule has 1 aromatic carbocycles. The number of pyridine rings is 2. The second-order valence-corrected chi connectivity index (χ2v) is 10.0. The van der Waals surface area contributed by atoms with Crippen molar-refractivity contribution in [3.8, 4) is 11.3 Å². The van der Waals surface area contributed by atoms with E-state index in [9.17, 15) is 26.0 Å². The Morgan fingerprint density at radius 3 is 2.43 bits per heavy atom. The summed E-state index contributed by atoms with van der Waals surface area (Å²) in [6, 6.07) is 8.66. The van der Waals surface area contributed by atoms with Crippen LogP contribution < -0.4 is 9.62 Å². The normalized spacial score (nSPS) is 12.2. The summed E-state index contributed by atoms with van der Waals surface area (Å²) in [5, 5.41) is 3.02. The Bertz CT molecular complexity index is 1500. The molecule has 0 amide bonds. The highest BCUT2D eigenvalue weighted by Gasteiger charge is 2.35. The van der Waals surface area contributed by atoms with Crippen LogP contribution in [0.3, 0.4) is 0 Å². The summed E-state index contributed by atoms with van der Waals surface area (Å²) in [5.41, 5.74) is 1.12. The third kappa shape index (κ3) is 4.92. The molecule has 3 aromatic heterocycles. The number of aromatic amines is 1. The van der Waals surface area contributed by atoms with Crippen LogP contribution in [-0.4, -0.2) is 36.7 Å². The molecule has 12 heteroatoms.